The van der Waals surface area contributed by atoms with E-state index in [1.807, 2.05) is 13.8 Å². The lowest BCUT2D eigenvalue weighted by atomic mass is 9.55. The molecule has 0 aromatic rings. The third-order valence-corrected chi connectivity index (χ3v) is 6.08. The number of aliphatic hydroxyl groups is 2. The van der Waals surface area contributed by atoms with Gasteiger partial charge in [0.05, 0.1) is 18.1 Å². The zero-order chi connectivity index (χ0) is 17.8. The molecule has 23 heavy (non-hydrogen) atoms. The second kappa shape index (κ2) is 5.45. The number of hydrogen-bond donors (Lipinski definition) is 3. The zero-order valence-corrected chi connectivity index (χ0v) is 14.5. The zero-order valence-electron chi connectivity index (χ0n) is 14.5. The maximum absolute atomic E-state index is 11.9. The van der Waals surface area contributed by atoms with Crippen molar-refractivity contribution in [2.75, 3.05) is 6.61 Å². The Balaban J connectivity index is 2.63. The van der Waals surface area contributed by atoms with Crippen LogP contribution in [0.25, 0.3) is 0 Å². The molecule has 3 N–H and O–H groups in total. The van der Waals surface area contributed by atoms with E-state index in [-0.39, 0.29) is 12.5 Å². The predicted octanol–water partition coefficient (Wildman–Crippen LogP) is 1.43. The number of carbonyl (C=O) groups is 2. The smallest absolute Gasteiger partial charge is 0.309 e. The minimum atomic E-state index is -1.63. The number of esters is 1. The molecule has 0 aromatic carbocycles. The second-order valence-electron chi connectivity index (χ2n) is 8.36. The molecule has 6 atom stereocenters. The molecule has 0 radical (unpaired) electrons. The molecule has 0 aliphatic heterocycles. The number of carbonyl (C=O) groups excluding carboxylic acids is 1. The first-order valence-electron chi connectivity index (χ1n) is 8.14. The molecule has 2 aliphatic rings. The van der Waals surface area contributed by atoms with Crippen molar-refractivity contribution in [3.8, 4) is 0 Å². The summed E-state index contributed by atoms with van der Waals surface area (Å²) in [6.07, 6.45) is 0.312. The molecular formula is C17H28O6. The molecule has 6 nitrogen and oxygen atoms in total. The van der Waals surface area contributed by atoms with E-state index in [0.717, 1.165) is 0 Å². The average molecular weight is 328 g/mol. The Morgan fingerprint density at radius 2 is 1.83 bits per heavy atom. The summed E-state index contributed by atoms with van der Waals surface area (Å²) >= 11 is 0. The van der Waals surface area contributed by atoms with Crippen molar-refractivity contribution in [1.29, 1.82) is 0 Å². The molecule has 6 heteroatoms. The molecule has 2 saturated carbocycles. The van der Waals surface area contributed by atoms with Crippen molar-refractivity contribution >= 4 is 11.9 Å². The SMILES string of the molecule is CC(=O)O[C@H]1C[C@@H](C)[C@H](C(=O)O)[C@@]2(O)[C@@H]1C(C)(C)C[C@]2(C)CO. The van der Waals surface area contributed by atoms with E-state index in [1.165, 1.54) is 6.92 Å². The topological polar surface area (TPSA) is 104 Å². The van der Waals surface area contributed by atoms with Crippen LogP contribution in [0.3, 0.4) is 0 Å². The number of rotatable bonds is 3. The van der Waals surface area contributed by atoms with E-state index >= 15 is 0 Å². The van der Waals surface area contributed by atoms with Gasteiger partial charge in [0.1, 0.15) is 6.10 Å². The highest BCUT2D eigenvalue weighted by molar-refractivity contribution is 5.73. The largest absolute Gasteiger partial charge is 0.481 e. The van der Waals surface area contributed by atoms with Crippen LogP contribution in [-0.2, 0) is 14.3 Å². The van der Waals surface area contributed by atoms with Crippen LogP contribution in [-0.4, -0.2) is 45.6 Å². The number of aliphatic carboxylic acids is 1. The van der Waals surface area contributed by atoms with Crippen molar-refractivity contribution in [3.05, 3.63) is 0 Å². The van der Waals surface area contributed by atoms with Crippen LogP contribution in [0.2, 0.25) is 0 Å². The standard InChI is InChI=1S/C17H28O6/c1-9-6-11(23-10(2)19)13-15(3,4)7-16(5,8-18)17(13,22)12(9)14(20)21/h9,11-13,18,22H,6-8H2,1-5H3,(H,20,21)/t9-,11+,12-,13+,16-,17-/m1/s1. The van der Waals surface area contributed by atoms with E-state index in [1.54, 1.807) is 13.8 Å². The highest BCUT2D eigenvalue weighted by Crippen LogP contribution is 2.66. The minimum absolute atomic E-state index is 0.313. The quantitative estimate of drug-likeness (QED) is 0.677. The Morgan fingerprint density at radius 3 is 2.26 bits per heavy atom. The van der Waals surface area contributed by atoms with Crippen molar-refractivity contribution < 1.29 is 29.6 Å². The predicted molar refractivity (Wildman–Crippen MR) is 82.5 cm³/mol. The number of hydrogen-bond acceptors (Lipinski definition) is 5. The molecule has 0 aromatic heterocycles. The van der Waals surface area contributed by atoms with Crippen LogP contribution in [0.4, 0.5) is 0 Å². The lowest BCUT2D eigenvalue weighted by Crippen LogP contribution is -2.65. The van der Waals surface area contributed by atoms with Crippen molar-refractivity contribution in [2.24, 2.45) is 28.6 Å². The van der Waals surface area contributed by atoms with Crippen LogP contribution < -0.4 is 0 Å². The van der Waals surface area contributed by atoms with Gasteiger partial charge in [0.2, 0.25) is 0 Å². The van der Waals surface area contributed by atoms with Gasteiger partial charge in [-0.05, 0) is 24.2 Å². The van der Waals surface area contributed by atoms with Crippen LogP contribution in [0, 0.1) is 28.6 Å². The third kappa shape index (κ3) is 2.47. The molecular weight excluding hydrogens is 300 g/mol. The van der Waals surface area contributed by atoms with Gasteiger partial charge in [-0.15, -0.1) is 0 Å². The highest BCUT2D eigenvalue weighted by Gasteiger charge is 2.73. The van der Waals surface area contributed by atoms with Gasteiger partial charge < -0.3 is 20.1 Å². The fourth-order valence-corrected chi connectivity index (χ4v) is 5.60. The molecule has 2 rings (SSSR count). The summed E-state index contributed by atoms with van der Waals surface area (Å²) in [7, 11) is 0. The Kier molecular flexibility index (Phi) is 4.31. The summed E-state index contributed by atoms with van der Waals surface area (Å²) < 4.78 is 5.47. The van der Waals surface area contributed by atoms with Gasteiger partial charge in [-0.25, -0.2) is 0 Å². The summed E-state index contributed by atoms with van der Waals surface area (Å²) in [6, 6.07) is 0. The molecule has 0 unspecified atom stereocenters. The van der Waals surface area contributed by atoms with Crippen LogP contribution >= 0.6 is 0 Å². The summed E-state index contributed by atoms with van der Waals surface area (Å²) in [4.78, 5) is 23.4. The Morgan fingerprint density at radius 1 is 1.26 bits per heavy atom. The van der Waals surface area contributed by atoms with Crippen LogP contribution in [0.5, 0.6) is 0 Å². The highest BCUT2D eigenvalue weighted by atomic mass is 16.5. The van der Waals surface area contributed by atoms with Crippen LogP contribution in [0.15, 0.2) is 0 Å². The minimum Gasteiger partial charge on any atom is -0.481 e. The summed E-state index contributed by atoms with van der Waals surface area (Å²) in [5.41, 5.74) is -3.05. The summed E-state index contributed by atoms with van der Waals surface area (Å²) in [6.45, 7) is 8.37. The Labute approximate surface area is 136 Å². The molecule has 0 bridgehead atoms. The molecule has 0 saturated heterocycles. The molecule has 2 aliphatic carbocycles. The maximum Gasteiger partial charge on any atom is 0.309 e. The van der Waals surface area contributed by atoms with E-state index in [4.69, 9.17) is 4.74 Å². The number of carboxylic acids is 1. The third-order valence-electron chi connectivity index (χ3n) is 6.08. The lowest BCUT2D eigenvalue weighted by molar-refractivity contribution is -0.223. The van der Waals surface area contributed by atoms with Crippen LogP contribution in [0.1, 0.15) is 47.5 Å². The number of ether oxygens (including phenoxy) is 1. The van der Waals surface area contributed by atoms with E-state index in [2.05, 4.69) is 0 Å². The Bertz CT molecular complexity index is 515. The van der Waals surface area contributed by atoms with Gasteiger partial charge in [0.15, 0.2) is 0 Å². The second-order valence-corrected chi connectivity index (χ2v) is 8.36. The number of fused-ring (bicyclic) bond motifs is 1. The maximum atomic E-state index is 11.9. The van der Waals surface area contributed by atoms with Gasteiger partial charge in [0.25, 0.3) is 0 Å². The van der Waals surface area contributed by atoms with E-state index in [0.29, 0.717) is 12.8 Å². The van der Waals surface area contributed by atoms with E-state index in [9.17, 15) is 24.9 Å². The summed E-state index contributed by atoms with van der Waals surface area (Å²) in [5, 5.41) is 31.3. The van der Waals surface area contributed by atoms with Gasteiger partial charge in [0, 0.05) is 18.3 Å². The fraction of sp³-hybridized carbons (Fsp3) is 0.882. The van der Waals surface area contributed by atoms with Gasteiger partial charge in [-0.2, -0.15) is 0 Å². The molecule has 0 amide bonds. The van der Waals surface area contributed by atoms with E-state index < -0.39 is 46.3 Å². The number of aliphatic hydroxyl groups excluding tert-OH is 1. The fourth-order valence-electron chi connectivity index (χ4n) is 5.60. The van der Waals surface area contributed by atoms with Crippen molar-refractivity contribution in [1.82, 2.24) is 0 Å². The van der Waals surface area contributed by atoms with Crippen molar-refractivity contribution in [3.63, 3.8) is 0 Å². The monoisotopic (exact) mass is 328 g/mol. The Hall–Kier alpha value is -1.14. The molecule has 2 fully saturated rings. The average Bonchev–Trinajstić information content (AvgIpc) is 2.51. The molecule has 0 spiro atoms. The normalized spacial score (nSPS) is 45.3. The molecule has 0 heterocycles. The molecule has 132 valence electrons. The van der Waals surface area contributed by atoms with Gasteiger partial charge in [-0.3, -0.25) is 9.59 Å². The number of carboxylic acid groups (broad SMARTS) is 1. The first-order chi connectivity index (χ1) is 10.4. The van der Waals surface area contributed by atoms with Gasteiger partial charge >= 0.3 is 11.9 Å². The first-order valence-corrected chi connectivity index (χ1v) is 8.14. The van der Waals surface area contributed by atoms with Gasteiger partial charge in [-0.1, -0.05) is 27.7 Å². The summed E-state index contributed by atoms with van der Waals surface area (Å²) in [5.74, 6) is -3.40. The first kappa shape index (κ1) is 18.2. The lowest BCUT2D eigenvalue weighted by Gasteiger charge is -2.54. The van der Waals surface area contributed by atoms with Crippen molar-refractivity contribution in [2.45, 2.75) is 59.2 Å².